The van der Waals surface area contributed by atoms with E-state index in [0.717, 1.165) is 83.9 Å². The summed E-state index contributed by atoms with van der Waals surface area (Å²) in [5.41, 5.74) is 15.0. The summed E-state index contributed by atoms with van der Waals surface area (Å²) in [6.07, 6.45) is 0. The Morgan fingerprint density at radius 3 is 1.22 bits per heavy atom. The van der Waals surface area contributed by atoms with Gasteiger partial charge in [-0.05, 0) is 155 Å². The third kappa shape index (κ3) is 6.87. The quantitative estimate of drug-likeness (QED) is 0.144. The second kappa shape index (κ2) is 15.9. The fraction of sp³-hybridized carbons (Fsp3) is 0. The van der Waals surface area contributed by atoms with Crippen LogP contribution in [0.5, 0.6) is 0 Å². The van der Waals surface area contributed by atoms with Crippen molar-refractivity contribution in [2.75, 3.05) is 9.80 Å². The Balaban J connectivity index is 1.13. The van der Waals surface area contributed by atoms with Crippen LogP contribution < -0.4 is 9.80 Å². The first-order valence-corrected chi connectivity index (χ1v) is 22.5. The lowest BCUT2D eigenvalue weighted by Crippen LogP contribution is -2.13. The van der Waals surface area contributed by atoms with Crippen LogP contribution in [0.15, 0.2) is 247 Å². The minimum atomic E-state index is 0.886. The van der Waals surface area contributed by atoms with E-state index >= 15 is 0 Å². The molecule has 0 aliphatic rings. The van der Waals surface area contributed by atoms with E-state index in [-0.39, 0.29) is 0 Å². The highest BCUT2D eigenvalue weighted by Crippen LogP contribution is 2.45. The standard InChI is InChI=1S/C60H40N2OS/c1-5-17-47(18-6-1)61(48-19-7-2-8-20-48)51-36-46(37-52(40-51)62(49-21-9-3-10-22-49)50-23-11-4-12-24-50)45-34-43(41-29-31-58-55(38-41)53-25-13-15-27-57(53)63-58)33-44(35-45)42-30-32-60-56(39-42)54-26-14-16-28-59(54)64-60/h1-40H. The lowest BCUT2D eigenvalue weighted by molar-refractivity contribution is 0.669. The first-order chi connectivity index (χ1) is 31.7. The van der Waals surface area contributed by atoms with Crippen LogP contribution in [0.25, 0.3) is 75.5 Å². The average molecular weight is 837 g/mol. The van der Waals surface area contributed by atoms with Crippen molar-refractivity contribution < 1.29 is 4.42 Å². The Kier molecular flexibility index (Phi) is 9.36. The van der Waals surface area contributed by atoms with Gasteiger partial charge in [-0.15, -0.1) is 11.3 Å². The van der Waals surface area contributed by atoms with Gasteiger partial charge < -0.3 is 14.2 Å². The van der Waals surface area contributed by atoms with Crippen LogP contribution in [0.3, 0.4) is 0 Å². The molecule has 64 heavy (non-hydrogen) atoms. The Morgan fingerprint density at radius 2 is 0.656 bits per heavy atom. The molecular weight excluding hydrogens is 797 g/mol. The van der Waals surface area contributed by atoms with Crippen molar-refractivity contribution >= 4 is 87.6 Å². The van der Waals surface area contributed by atoms with Gasteiger partial charge in [0.25, 0.3) is 0 Å². The topological polar surface area (TPSA) is 19.6 Å². The monoisotopic (exact) mass is 836 g/mol. The number of fused-ring (bicyclic) bond motifs is 6. The van der Waals surface area contributed by atoms with Crippen LogP contribution in [0.1, 0.15) is 0 Å². The summed E-state index contributed by atoms with van der Waals surface area (Å²) in [7, 11) is 0. The molecule has 0 bridgehead atoms. The SMILES string of the molecule is c1ccc(N(c2ccccc2)c2cc(-c3cc(-c4ccc5oc6ccccc6c5c4)cc(-c4ccc5sc6ccccc6c5c4)c3)cc(N(c3ccccc3)c3ccccc3)c2)cc1. The molecule has 2 aromatic heterocycles. The van der Waals surface area contributed by atoms with Crippen LogP contribution in [0, 0.1) is 0 Å². The van der Waals surface area contributed by atoms with Gasteiger partial charge in [-0.2, -0.15) is 0 Å². The molecule has 0 aliphatic heterocycles. The number of hydrogen-bond donors (Lipinski definition) is 0. The molecule has 302 valence electrons. The smallest absolute Gasteiger partial charge is 0.135 e. The van der Waals surface area contributed by atoms with Crippen molar-refractivity contribution in [3.63, 3.8) is 0 Å². The Bertz CT molecular complexity index is 3300. The molecule has 0 aliphatic carbocycles. The van der Waals surface area contributed by atoms with Gasteiger partial charge in [-0.25, -0.2) is 0 Å². The highest BCUT2D eigenvalue weighted by molar-refractivity contribution is 7.25. The van der Waals surface area contributed by atoms with Crippen molar-refractivity contribution in [3.8, 4) is 33.4 Å². The second-order valence-electron chi connectivity index (χ2n) is 16.2. The predicted molar refractivity (Wildman–Crippen MR) is 272 cm³/mol. The van der Waals surface area contributed by atoms with Crippen LogP contribution in [-0.2, 0) is 0 Å². The van der Waals surface area contributed by atoms with Gasteiger partial charge in [0.05, 0.1) is 0 Å². The minimum Gasteiger partial charge on any atom is -0.456 e. The molecule has 3 nitrogen and oxygen atoms in total. The molecule has 0 radical (unpaired) electrons. The van der Waals surface area contributed by atoms with Crippen LogP contribution in [-0.4, -0.2) is 0 Å². The van der Waals surface area contributed by atoms with E-state index in [1.165, 1.54) is 25.7 Å². The number of benzene rings is 10. The number of para-hydroxylation sites is 5. The molecule has 10 aromatic carbocycles. The predicted octanol–water partition coefficient (Wildman–Crippen LogP) is 17.9. The number of hydrogen-bond acceptors (Lipinski definition) is 4. The number of rotatable bonds is 9. The first-order valence-electron chi connectivity index (χ1n) is 21.6. The summed E-state index contributed by atoms with van der Waals surface area (Å²) < 4.78 is 8.90. The van der Waals surface area contributed by atoms with Gasteiger partial charge in [0, 0.05) is 65.1 Å². The van der Waals surface area contributed by atoms with E-state index in [9.17, 15) is 0 Å². The van der Waals surface area contributed by atoms with Crippen LogP contribution >= 0.6 is 11.3 Å². The summed E-state index contributed by atoms with van der Waals surface area (Å²) in [5, 5.41) is 4.80. The van der Waals surface area contributed by atoms with Crippen LogP contribution in [0.2, 0.25) is 0 Å². The summed E-state index contributed by atoms with van der Waals surface area (Å²) in [6.45, 7) is 0. The zero-order chi connectivity index (χ0) is 42.4. The number of furan rings is 1. The summed E-state index contributed by atoms with van der Waals surface area (Å²) in [6, 6.07) is 87.4. The number of anilines is 6. The van der Waals surface area contributed by atoms with E-state index < -0.39 is 0 Å². The highest BCUT2D eigenvalue weighted by Gasteiger charge is 2.20. The van der Waals surface area contributed by atoms with Gasteiger partial charge in [0.1, 0.15) is 11.2 Å². The molecular formula is C60H40N2OS. The lowest BCUT2D eigenvalue weighted by atomic mass is 9.91. The molecule has 0 N–H and O–H groups in total. The zero-order valence-corrected chi connectivity index (χ0v) is 35.6. The number of nitrogens with zero attached hydrogens (tertiary/aromatic N) is 2. The molecule has 2 heterocycles. The molecule has 4 heteroatoms. The van der Waals surface area contributed by atoms with E-state index in [1.54, 1.807) is 0 Å². The van der Waals surface area contributed by atoms with Gasteiger partial charge >= 0.3 is 0 Å². The van der Waals surface area contributed by atoms with E-state index in [4.69, 9.17) is 4.42 Å². The highest BCUT2D eigenvalue weighted by atomic mass is 32.1. The Labute approximate surface area is 376 Å². The van der Waals surface area contributed by atoms with E-state index in [2.05, 4.69) is 240 Å². The maximum atomic E-state index is 6.31. The molecule has 12 aromatic rings. The fourth-order valence-electron chi connectivity index (χ4n) is 9.16. The van der Waals surface area contributed by atoms with E-state index in [1.807, 2.05) is 23.5 Å². The van der Waals surface area contributed by atoms with Crippen molar-refractivity contribution in [1.82, 2.24) is 0 Å². The summed E-state index contributed by atoms with van der Waals surface area (Å²) in [5.74, 6) is 0. The number of thiophene rings is 1. The Hall–Kier alpha value is -8.18. The summed E-state index contributed by atoms with van der Waals surface area (Å²) in [4.78, 5) is 4.72. The van der Waals surface area contributed by atoms with E-state index in [0.29, 0.717) is 0 Å². The normalized spacial score (nSPS) is 11.4. The van der Waals surface area contributed by atoms with Crippen molar-refractivity contribution in [2.45, 2.75) is 0 Å². The third-order valence-electron chi connectivity index (χ3n) is 12.2. The van der Waals surface area contributed by atoms with Gasteiger partial charge in [0.2, 0.25) is 0 Å². The van der Waals surface area contributed by atoms with Crippen molar-refractivity contribution in [1.29, 1.82) is 0 Å². The maximum absolute atomic E-state index is 6.31. The lowest BCUT2D eigenvalue weighted by Gasteiger charge is -2.30. The Morgan fingerprint density at radius 1 is 0.250 bits per heavy atom. The molecule has 0 atom stereocenters. The molecule has 0 saturated carbocycles. The average Bonchev–Trinajstić information content (AvgIpc) is 3.93. The summed E-state index contributed by atoms with van der Waals surface area (Å²) >= 11 is 1.85. The molecule has 0 unspecified atom stereocenters. The molecule has 0 spiro atoms. The molecule has 0 saturated heterocycles. The largest absolute Gasteiger partial charge is 0.456 e. The third-order valence-corrected chi connectivity index (χ3v) is 13.3. The minimum absolute atomic E-state index is 0.886. The molecule has 0 amide bonds. The first kappa shape index (κ1) is 37.6. The van der Waals surface area contributed by atoms with Gasteiger partial charge in [0.15, 0.2) is 0 Å². The maximum Gasteiger partial charge on any atom is 0.135 e. The van der Waals surface area contributed by atoms with Crippen molar-refractivity contribution in [3.05, 3.63) is 243 Å². The fourth-order valence-corrected chi connectivity index (χ4v) is 10.2. The van der Waals surface area contributed by atoms with Crippen LogP contribution in [0.4, 0.5) is 34.1 Å². The van der Waals surface area contributed by atoms with Gasteiger partial charge in [-0.1, -0.05) is 121 Å². The molecule has 12 rings (SSSR count). The van der Waals surface area contributed by atoms with Crippen molar-refractivity contribution in [2.24, 2.45) is 0 Å². The van der Waals surface area contributed by atoms with Gasteiger partial charge in [-0.3, -0.25) is 0 Å². The zero-order valence-electron chi connectivity index (χ0n) is 34.8. The molecule has 0 fully saturated rings. The second-order valence-corrected chi connectivity index (χ2v) is 17.3.